The first-order valence-electron chi connectivity index (χ1n) is 7.05. The fraction of sp³-hybridized carbons (Fsp3) is 0.125. The van der Waals surface area contributed by atoms with Crippen molar-refractivity contribution in [3.8, 4) is 11.5 Å². The molecule has 2 rings (SSSR count). The van der Waals surface area contributed by atoms with E-state index < -0.39 is 10.8 Å². The number of benzene rings is 2. The van der Waals surface area contributed by atoms with Gasteiger partial charge in [0.15, 0.2) is 0 Å². The molecule has 0 saturated carbocycles. The standard InChI is InChI=1S/C16H16N4O5/c1-24-14-4-3-10(15(8-14)25-2)9-18-19-16(21)11-5-12(17)7-13(6-11)20(22)23/h3-9H,17H2,1-2H3,(H,19,21)/b18-9-. The van der Waals surface area contributed by atoms with Gasteiger partial charge in [0.05, 0.1) is 30.9 Å². The molecule has 0 aliphatic heterocycles. The topological polar surface area (TPSA) is 129 Å². The smallest absolute Gasteiger partial charge is 0.272 e. The van der Waals surface area contributed by atoms with Crippen LogP contribution in [0, 0.1) is 10.1 Å². The number of nitrogens with one attached hydrogen (secondary N) is 1. The van der Waals surface area contributed by atoms with Gasteiger partial charge in [0.25, 0.3) is 11.6 Å². The first kappa shape index (κ1) is 17.7. The lowest BCUT2D eigenvalue weighted by atomic mass is 10.1. The minimum Gasteiger partial charge on any atom is -0.497 e. The molecule has 2 aromatic carbocycles. The number of amides is 1. The van der Waals surface area contributed by atoms with Crippen LogP contribution in [-0.2, 0) is 0 Å². The second kappa shape index (κ2) is 7.77. The summed E-state index contributed by atoms with van der Waals surface area (Å²) < 4.78 is 10.3. The van der Waals surface area contributed by atoms with Gasteiger partial charge in [0.2, 0.25) is 0 Å². The molecule has 0 unspecified atom stereocenters. The minimum absolute atomic E-state index is 0.0329. The fourth-order valence-electron chi connectivity index (χ4n) is 2.02. The van der Waals surface area contributed by atoms with E-state index in [-0.39, 0.29) is 16.9 Å². The number of carbonyl (C=O) groups excluding carboxylic acids is 1. The van der Waals surface area contributed by atoms with Gasteiger partial charge >= 0.3 is 0 Å². The average molecular weight is 344 g/mol. The maximum Gasteiger partial charge on any atom is 0.272 e. The maximum atomic E-state index is 12.1. The molecule has 0 spiro atoms. The number of rotatable bonds is 6. The second-order valence-electron chi connectivity index (χ2n) is 4.88. The van der Waals surface area contributed by atoms with E-state index in [1.165, 1.54) is 32.6 Å². The Morgan fingerprint density at radius 3 is 2.64 bits per heavy atom. The van der Waals surface area contributed by atoms with Gasteiger partial charge in [-0.15, -0.1) is 0 Å². The number of hydrogen-bond acceptors (Lipinski definition) is 7. The number of hydrazone groups is 1. The highest BCUT2D eigenvalue weighted by Crippen LogP contribution is 2.23. The molecule has 0 aromatic heterocycles. The van der Waals surface area contributed by atoms with Gasteiger partial charge in [0, 0.05) is 29.4 Å². The van der Waals surface area contributed by atoms with Crippen molar-refractivity contribution in [3.63, 3.8) is 0 Å². The SMILES string of the molecule is COc1ccc(/C=N\NC(=O)c2cc(N)cc([N+](=O)[O-])c2)c(OC)c1. The number of methoxy groups -OCH3 is 2. The van der Waals surface area contributed by atoms with Crippen LogP contribution in [-0.4, -0.2) is 31.3 Å². The summed E-state index contributed by atoms with van der Waals surface area (Å²) in [4.78, 5) is 22.3. The number of non-ortho nitro benzene ring substituents is 1. The Hall–Kier alpha value is -3.62. The molecular formula is C16H16N4O5. The zero-order chi connectivity index (χ0) is 18.4. The van der Waals surface area contributed by atoms with E-state index in [0.29, 0.717) is 17.1 Å². The van der Waals surface area contributed by atoms with Gasteiger partial charge in [-0.25, -0.2) is 5.43 Å². The van der Waals surface area contributed by atoms with Gasteiger partial charge in [-0.2, -0.15) is 5.10 Å². The van der Waals surface area contributed by atoms with E-state index in [1.807, 2.05) is 0 Å². The number of ether oxygens (including phenoxy) is 2. The van der Waals surface area contributed by atoms with Crippen molar-refractivity contribution in [2.75, 3.05) is 20.0 Å². The number of nitrogens with two attached hydrogens (primary N) is 1. The third-order valence-electron chi connectivity index (χ3n) is 3.22. The number of nitrogens with zero attached hydrogens (tertiary/aromatic N) is 2. The fourth-order valence-corrected chi connectivity index (χ4v) is 2.02. The van der Waals surface area contributed by atoms with E-state index in [9.17, 15) is 14.9 Å². The molecule has 3 N–H and O–H groups in total. The summed E-state index contributed by atoms with van der Waals surface area (Å²) in [5.41, 5.74) is 8.34. The summed E-state index contributed by atoms with van der Waals surface area (Å²) in [6, 6.07) is 8.71. The lowest BCUT2D eigenvalue weighted by Crippen LogP contribution is -2.18. The molecule has 0 bridgehead atoms. The van der Waals surface area contributed by atoms with Gasteiger partial charge in [-0.1, -0.05) is 0 Å². The van der Waals surface area contributed by atoms with E-state index in [0.717, 1.165) is 6.07 Å². The van der Waals surface area contributed by atoms with Crippen LogP contribution in [0.5, 0.6) is 11.5 Å². The third-order valence-corrected chi connectivity index (χ3v) is 3.22. The zero-order valence-electron chi connectivity index (χ0n) is 13.6. The Morgan fingerprint density at radius 1 is 1.24 bits per heavy atom. The van der Waals surface area contributed by atoms with Gasteiger partial charge in [0.1, 0.15) is 11.5 Å². The molecular weight excluding hydrogens is 328 g/mol. The van der Waals surface area contributed by atoms with Crippen molar-refractivity contribution in [1.82, 2.24) is 5.43 Å². The van der Waals surface area contributed by atoms with E-state index in [2.05, 4.69) is 10.5 Å². The molecule has 0 radical (unpaired) electrons. The normalized spacial score (nSPS) is 10.5. The van der Waals surface area contributed by atoms with Crippen molar-refractivity contribution in [3.05, 3.63) is 57.6 Å². The van der Waals surface area contributed by atoms with Crippen LogP contribution in [0.25, 0.3) is 0 Å². The molecule has 0 fully saturated rings. The van der Waals surface area contributed by atoms with Crippen molar-refractivity contribution in [2.24, 2.45) is 5.10 Å². The Morgan fingerprint density at radius 2 is 2.00 bits per heavy atom. The van der Waals surface area contributed by atoms with Crippen LogP contribution >= 0.6 is 0 Å². The van der Waals surface area contributed by atoms with Gasteiger partial charge < -0.3 is 15.2 Å². The summed E-state index contributed by atoms with van der Waals surface area (Å²) in [5.74, 6) is 0.501. The third kappa shape index (κ3) is 4.44. The molecule has 1 amide bonds. The zero-order valence-corrected chi connectivity index (χ0v) is 13.6. The molecule has 0 atom stereocenters. The van der Waals surface area contributed by atoms with E-state index in [4.69, 9.17) is 15.2 Å². The average Bonchev–Trinajstić information content (AvgIpc) is 2.61. The number of nitro benzene ring substituents is 1. The predicted octanol–water partition coefficient (Wildman–Crippen LogP) is 1.96. The molecule has 0 heterocycles. The second-order valence-corrected chi connectivity index (χ2v) is 4.88. The van der Waals surface area contributed by atoms with Crippen molar-refractivity contribution < 1.29 is 19.2 Å². The largest absolute Gasteiger partial charge is 0.497 e. The molecule has 0 saturated heterocycles. The lowest BCUT2D eigenvalue weighted by molar-refractivity contribution is -0.384. The maximum absolute atomic E-state index is 12.1. The van der Waals surface area contributed by atoms with Gasteiger partial charge in [-0.3, -0.25) is 14.9 Å². The Kier molecular flexibility index (Phi) is 5.51. The predicted molar refractivity (Wildman–Crippen MR) is 92.1 cm³/mol. The number of hydrogen-bond donors (Lipinski definition) is 2. The summed E-state index contributed by atoms with van der Waals surface area (Å²) in [7, 11) is 3.03. The number of anilines is 1. The Bertz CT molecular complexity index is 835. The molecule has 9 heteroatoms. The molecule has 130 valence electrons. The van der Waals surface area contributed by atoms with Crippen LogP contribution in [0.4, 0.5) is 11.4 Å². The monoisotopic (exact) mass is 344 g/mol. The van der Waals surface area contributed by atoms with E-state index in [1.54, 1.807) is 18.2 Å². The summed E-state index contributed by atoms with van der Waals surface area (Å²) in [5, 5.41) is 14.6. The van der Waals surface area contributed by atoms with E-state index >= 15 is 0 Å². The van der Waals surface area contributed by atoms with Crippen molar-refractivity contribution in [2.45, 2.75) is 0 Å². The number of nitrogen functional groups attached to an aromatic ring is 1. The highest BCUT2D eigenvalue weighted by Gasteiger charge is 2.13. The summed E-state index contributed by atoms with van der Waals surface area (Å²) in [6.07, 6.45) is 1.39. The molecule has 2 aromatic rings. The van der Waals surface area contributed by atoms with Crippen LogP contribution in [0.15, 0.2) is 41.5 Å². The summed E-state index contributed by atoms with van der Waals surface area (Å²) >= 11 is 0. The molecule has 9 nitrogen and oxygen atoms in total. The molecule has 0 aliphatic carbocycles. The summed E-state index contributed by atoms with van der Waals surface area (Å²) in [6.45, 7) is 0. The quantitative estimate of drug-likeness (QED) is 0.357. The Balaban J connectivity index is 2.15. The van der Waals surface area contributed by atoms with Crippen molar-refractivity contribution in [1.29, 1.82) is 0 Å². The highest BCUT2D eigenvalue weighted by molar-refractivity contribution is 5.96. The first-order chi connectivity index (χ1) is 11.9. The molecule has 0 aliphatic rings. The minimum atomic E-state index is -0.626. The Labute approximate surface area is 143 Å². The van der Waals surface area contributed by atoms with Crippen LogP contribution < -0.4 is 20.6 Å². The molecule has 25 heavy (non-hydrogen) atoms. The first-order valence-corrected chi connectivity index (χ1v) is 7.05. The number of carbonyl (C=O) groups is 1. The van der Waals surface area contributed by atoms with Crippen LogP contribution in [0.1, 0.15) is 15.9 Å². The van der Waals surface area contributed by atoms with Crippen molar-refractivity contribution >= 4 is 23.5 Å². The highest BCUT2D eigenvalue weighted by atomic mass is 16.6. The van der Waals surface area contributed by atoms with Crippen LogP contribution in [0.2, 0.25) is 0 Å². The lowest BCUT2D eigenvalue weighted by Gasteiger charge is -2.07. The number of nitro groups is 1. The van der Waals surface area contributed by atoms with Crippen LogP contribution in [0.3, 0.4) is 0 Å². The van der Waals surface area contributed by atoms with Gasteiger partial charge in [-0.05, 0) is 18.2 Å².